The third-order valence-corrected chi connectivity index (χ3v) is 4.02. The maximum Gasteiger partial charge on any atom is 0.142 e. The summed E-state index contributed by atoms with van der Waals surface area (Å²) in [6.45, 7) is 8.30. The van der Waals surface area contributed by atoms with Crippen molar-refractivity contribution in [2.75, 3.05) is 6.54 Å². The summed E-state index contributed by atoms with van der Waals surface area (Å²) in [5.41, 5.74) is 1.84. The molecule has 108 valence electrons. The first kappa shape index (κ1) is 15.1. The number of hydrogen-bond acceptors (Lipinski definition) is 4. The van der Waals surface area contributed by atoms with Gasteiger partial charge in [0.2, 0.25) is 0 Å². The lowest BCUT2D eigenvalue weighted by Crippen LogP contribution is -2.18. The van der Waals surface area contributed by atoms with Gasteiger partial charge < -0.3 is 5.32 Å². The van der Waals surface area contributed by atoms with Crippen molar-refractivity contribution in [3.8, 4) is 10.7 Å². The van der Waals surface area contributed by atoms with Crippen LogP contribution < -0.4 is 5.32 Å². The predicted molar refractivity (Wildman–Crippen MR) is 81.2 cm³/mol. The van der Waals surface area contributed by atoms with Gasteiger partial charge in [-0.3, -0.25) is 4.98 Å². The van der Waals surface area contributed by atoms with Gasteiger partial charge in [-0.2, -0.15) is 0 Å². The largest absolute Gasteiger partial charge is 0.312 e. The van der Waals surface area contributed by atoms with Crippen LogP contribution in [0.3, 0.4) is 0 Å². The molecule has 0 saturated heterocycles. The van der Waals surface area contributed by atoms with Crippen molar-refractivity contribution >= 4 is 11.3 Å². The van der Waals surface area contributed by atoms with Crippen LogP contribution in [-0.2, 0) is 13.0 Å². The van der Waals surface area contributed by atoms with Gasteiger partial charge in [-0.05, 0) is 31.0 Å². The first-order chi connectivity index (χ1) is 9.60. The van der Waals surface area contributed by atoms with E-state index in [4.69, 9.17) is 0 Å². The minimum Gasteiger partial charge on any atom is -0.312 e. The molecule has 5 heteroatoms. The molecule has 2 rings (SSSR count). The molecule has 1 N–H and O–H groups in total. The van der Waals surface area contributed by atoms with E-state index in [9.17, 15) is 4.39 Å². The smallest absolute Gasteiger partial charge is 0.142 e. The molecule has 0 spiro atoms. The highest BCUT2D eigenvalue weighted by molar-refractivity contribution is 7.15. The minimum absolute atomic E-state index is 0.320. The molecule has 0 saturated carbocycles. The van der Waals surface area contributed by atoms with Crippen LogP contribution in [0.15, 0.2) is 18.3 Å². The van der Waals surface area contributed by atoms with Gasteiger partial charge in [-0.25, -0.2) is 9.37 Å². The van der Waals surface area contributed by atoms with Gasteiger partial charge in [-0.1, -0.05) is 20.8 Å². The van der Waals surface area contributed by atoms with Crippen molar-refractivity contribution < 1.29 is 4.39 Å². The summed E-state index contributed by atoms with van der Waals surface area (Å²) in [4.78, 5) is 9.96. The molecule has 0 atom stereocenters. The highest BCUT2D eigenvalue weighted by Crippen LogP contribution is 2.27. The van der Waals surface area contributed by atoms with E-state index in [1.807, 2.05) is 0 Å². The number of aryl methyl sites for hydroxylation is 1. The maximum absolute atomic E-state index is 12.9. The van der Waals surface area contributed by atoms with E-state index in [-0.39, 0.29) is 5.82 Å². The Balaban J connectivity index is 2.15. The SMILES string of the molecule is CCc1nc(-c2ccc(F)cn2)sc1CNCC(C)C. The number of thiazole rings is 1. The number of hydrogen-bond donors (Lipinski definition) is 1. The summed E-state index contributed by atoms with van der Waals surface area (Å²) in [7, 11) is 0. The average molecular weight is 293 g/mol. The Morgan fingerprint density at radius 2 is 2.15 bits per heavy atom. The van der Waals surface area contributed by atoms with E-state index >= 15 is 0 Å². The van der Waals surface area contributed by atoms with Crippen molar-refractivity contribution in [3.05, 3.63) is 34.7 Å². The van der Waals surface area contributed by atoms with Gasteiger partial charge in [0.05, 0.1) is 17.6 Å². The Hall–Kier alpha value is -1.33. The van der Waals surface area contributed by atoms with Crippen LogP contribution in [-0.4, -0.2) is 16.5 Å². The molecule has 0 aliphatic carbocycles. The van der Waals surface area contributed by atoms with Gasteiger partial charge in [0.25, 0.3) is 0 Å². The van der Waals surface area contributed by atoms with Crippen molar-refractivity contribution in [2.45, 2.75) is 33.7 Å². The molecule has 2 aromatic heterocycles. The Morgan fingerprint density at radius 3 is 2.75 bits per heavy atom. The zero-order valence-electron chi connectivity index (χ0n) is 12.1. The first-order valence-electron chi connectivity index (χ1n) is 6.91. The highest BCUT2D eigenvalue weighted by atomic mass is 32.1. The summed E-state index contributed by atoms with van der Waals surface area (Å²) < 4.78 is 12.9. The Labute approximate surface area is 123 Å². The normalized spacial score (nSPS) is 11.2. The molecular weight excluding hydrogens is 273 g/mol. The van der Waals surface area contributed by atoms with E-state index in [1.54, 1.807) is 17.4 Å². The van der Waals surface area contributed by atoms with E-state index in [0.29, 0.717) is 5.92 Å². The number of pyridine rings is 1. The molecule has 20 heavy (non-hydrogen) atoms. The average Bonchev–Trinajstić information content (AvgIpc) is 2.82. The van der Waals surface area contributed by atoms with Crippen molar-refractivity contribution in [3.63, 3.8) is 0 Å². The van der Waals surface area contributed by atoms with Gasteiger partial charge >= 0.3 is 0 Å². The third kappa shape index (κ3) is 3.84. The summed E-state index contributed by atoms with van der Waals surface area (Å²) in [5, 5.41) is 4.30. The van der Waals surface area contributed by atoms with Crippen molar-refractivity contribution in [1.29, 1.82) is 0 Å². The number of nitrogens with zero attached hydrogens (tertiary/aromatic N) is 2. The summed E-state index contributed by atoms with van der Waals surface area (Å²) in [6, 6.07) is 3.10. The Bertz CT molecular complexity index is 549. The zero-order chi connectivity index (χ0) is 14.5. The zero-order valence-corrected chi connectivity index (χ0v) is 12.9. The fraction of sp³-hybridized carbons (Fsp3) is 0.467. The van der Waals surface area contributed by atoms with E-state index in [0.717, 1.165) is 35.9 Å². The lowest BCUT2D eigenvalue weighted by atomic mass is 10.2. The molecule has 0 bridgehead atoms. The lowest BCUT2D eigenvalue weighted by molar-refractivity contribution is 0.553. The number of rotatable bonds is 6. The second-order valence-electron chi connectivity index (χ2n) is 5.13. The molecule has 2 heterocycles. The van der Waals surface area contributed by atoms with Crippen LogP contribution in [0.25, 0.3) is 10.7 Å². The fourth-order valence-corrected chi connectivity index (χ4v) is 2.98. The standard InChI is InChI=1S/C15H20FN3S/c1-4-12-14(9-17-7-10(2)3)20-15(19-12)13-6-5-11(16)8-18-13/h5-6,8,10,17H,4,7,9H2,1-3H3. The number of halogens is 1. The van der Waals surface area contributed by atoms with Gasteiger partial charge in [0, 0.05) is 11.4 Å². The quantitative estimate of drug-likeness (QED) is 0.883. The van der Waals surface area contributed by atoms with E-state index < -0.39 is 0 Å². The van der Waals surface area contributed by atoms with Crippen molar-refractivity contribution in [2.24, 2.45) is 5.92 Å². The summed E-state index contributed by atoms with van der Waals surface area (Å²) >= 11 is 1.64. The van der Waals surface area contributed by atoms with Gasteiger partial charge in [-0.15, -0.1) is 11.3 Å². The second kappa shape index (κ2) is 6.90. The molecule has 0 aliphatic rings. The molecule has 0 aromatic carbocycles. The second-order valence-corrected chi connectivity index (χ2v) is 6.21. The van der Waals surface area contributed by atoms with Crippen LogP contribution in [0.4, 0.5) is 4.39 Å². The van der Waals surface area contributed by atoms with E-state index in [2.05, 4.69) is 36.1 Å². The van der Waals surface area contributed by atoms with Gasteiger partial charge in [0.1, 0.15) is 10.8 Å². The summed E-state index contributed by atoms with van der Waals surface area (Å²) in [6.07, 6.45) is 2.13. The topological polar surface area (TPSA) is 37.8 Å². The molecule has 3 nitrogen and oxygen atoms in total. The van der Waals surface area contributed by atoms with E-state index in [1.165, 1.54) is 17.1 Å². The predicted octanol–water partition coefficient (Wildman–Crippen LogP) is 3.65. The third-order valence-electron chi connectivity index (χ3n) is 2.90. The summed E-state index contributed by atoms with van der Waals surface area (Å²) in [5.74, 6) is 0.311. The Morgan fingerprint density at radius 1 is 1.35 bits per heavy atom. The minimum atomic E-state index is -0.320. The molecule has 2 aromatic rings. The van der Waals surface area contributed by atoms with Crippen LogP contribution >= 0.6 is 11.3 Å². The van der Waals surface area contributed by atoms with Crippen LogP contribution in [0, 0.1) is 11.7 Å². The van der Waals surface area contributed by atoms with Crippen LogP contribution in [0.1, 0.15) is 31.3 Å². The number of aromatic nitrogens is 2. The maximum atomic E-state index is 12.9. The number of nitrogens with one attached hydrogen (secondary N) is 1. The van der Waals surface area contributed by atoms with Gasteiger partial charge in [0.15, 0.2) is 0 Å². The molecule has 0 radical (unpaired) electrons. The molecule has 0 fully saturated rings. The lowest BCUT2D eigenvalue weighted by Gasteiger charge is -2.06. The monoisotopic (exact) mass is 293 g/mol. The molecule has 0 unspecified atom stereocenters. The molecular formula is C15H20FN3S. The van der Waals surface area contributed by atoms with Crippen molar-refractivity contribution in [1.82, 2.24) is 15.3 Å². The Kier molecular flexibility index (Phi) is 5.20. The first-order valence-corrected chi connectivity index (χ1v) is 7.73. The highest BCUT2D eigenvalue weighted by Gasteiger charge is 2.12. The van der Waals surface area contributed by atoms with Crippen LogP contribution in [0.5, 0.6) is 0 Å². The molecule has 0 aliphatic heterocycles. The van der Waals surface area contributed by atoms with Crippen LogP contribution in [0.2, 0.25) is 0 Å². The fourth-order valence-electron chi connectivity index (χ4n) is 1.88. The molecule has 0 amide bonds.